The highest BCUT2D eigenvalue weighted by atomic mass is 32.3. The Morgan fingerprint density at radius 3 is 1.26 bits per heavy atom. The fraction of sp³-hybridized carbons (Fsp3) is 0.143. The first-order valence-electron chi connectivity index (χ1n) is 6.30. The van der Waals surface area contributed by atoms with Crippen molar-refractivity contribution in [1.29, 1.82) is 0 Å². The van der Waals surface area contributed by atoms with Crippen molar-refractivity contribution in [2.24, 2.45) is 0 Å². The second kappa shape index (κ2) is 9.08. The number of aryl methyl sites for hydroxylation is 2. The summed E-state index contributed by atoms with van der Waals surface area (Å²) in [4.78, 5) is 0. The van der Waals surface area contributed by atoms with Crippen LogP contribution in [0.25, 0.3) is 0 Å². The van der Waals surface area contributed by atoms with Gasteiger partial charge in [0.05, 0.1) is 0 Å². The topological polar surface area (TPSA) is 176 Å². The molecule has 0 aromatic heterocycles. The summed E-state index contributed by atoms with van der Waals surface area (Å²) in [7, 11) is -5.17. The van der Waals surface area contributed by atoms with E-state index in [0.29, 0.717) is 11.5 Å². The Morgan fingerprint density at radius 1 is 0.826 bits per heavy atom. The van der Waals surface area contributed by atoms with E-state index in [1.165, 1.54) is 0 Å². The molecule has 0 saturated carbocycles. The maximum atomic E-state index is 9.06. The normalized spacial score (nSPS) is 10.0. The van der Waals surface area contributed by atoms with Crippen molar-refractivity contribution in [3.63, 3.8) is 0 Å². The van der Waals surface area contributed by atoms with E-state index in [1.54, 1.807) is 12.1 Å². The van der Waals surface area contributed by atoms with Crippen LogP contribution in [0, 0.1) is 13.8 Å². The van der Waals surface area contributed by atoms with Crippen molar-refractivity contribution < 1.29 is 39.2 Å². The molecule has 2 rings (SSSR count). The number of phenolic OH excluding ortho intramolecular Hbond substituents is 2. The van der Waals surface area contributed by atoms with Gasteiger partial charge >= 0.3 is 0 Å². The molecule has 9 heteroatoms. The Balaban J connectivity index is 0.000000332. The average molecular weight is 344 g/mol. The number of aromatic hydroxyl groups is 2. The zero-order chi connectivity index (χ0) is 18.2. The van der Waals surface area contributed by atoms with E-state index >= 15 is 0 Å². The van der Waals surface area contributed by atoms with Crippen LogP contribution in [0.1, 0.15) is 11.1 Å². The molecular formula is C14H20N2O6S. The summed E-state index contributed by atoms with van der Waals surface area (Å²) in [5.41, 5.74) is 10.8. The van der Waals surface area contributed by atoms with Crippen molar-refractivity contribution >= 4 is 21.8 Å². The highest BCUT2D eigenvalue weighted by Crippen LogP contribution is 2.17. The summed E-state index contributed by atoms with van der Waals surface area (Å²) in [6, 6.07) is 10.7. The van der Waals surface area contributed by atoms with Crippen LogP contribution in [0.5, 0.6) is 11.5 Å². The molecule has 23 heavy (non-hydrogen) atoms. The van der Waals surface area contributed by atoms with Gasteiger partial charge in [0.2, 0.25) is 0 Å². The highest BCUT2D eigenvalue weighted by molar-refractivity contribution is 7.79. The predicted molar refractivity (Wildman–Crippen MR) is 81.3 cm³/mol. The maximum Gasteiger partial charge on any atom is 0.131 e. The van der Waals surface area contributed by atoms with Crippen LogP contribution < -0.4 is 11.5 Å². The molecule has 0 fully saturated rings. The first-order chi connectivity index (χ1) is 10.4. The quantitative estimate of drug-likeness (QED) is 0.380. The molecule has 0 heterocycles. The van der Waals surface area contributed by atoms with Crippen molar-refractivity contribution in [2.75, 3.05) is 0 Å². The summed E-state index contributed by atoms with van der Waals surface area (Å²) >= 11 is 0. The minimum atomic E-state index is -5.17. The lowest BCUT2D eigenvalue weighted by Gasteiger charge is -2.06. The highest BCUT2D eigenvalue weighted by Gasteiger charge is 1.95. The van der Waals surface area contributed by atoms with Crippen molar-refractivity contribution in [2.45, 2.75) is 13.8 Å². The molecule has 8 N–H and O–H groups in total. The zero-order valence-electron chi connectivity index (χ0n) is 12.8. The van der Waals surface area contributed by atoms with E-state index < -0.39 is 10.4 Å². The van der Waals surface area contributed by atoms with Crippen molar-refractivity contribution in [3.8, 4) is 11.5 Å². The number of phenols is 2. The second-order valence-corrected chi connectivity index (χ2v) is 5.47. The fourth-order valence-electron chi connectivity index (χ4n) is 1.31. The van der Waals surface area contributed by atoms with Crippen molar-refractivity contribution in [3.05, 3.63) is 47.5 Å². The van der Waals surface area contributed by atoms with Gasteiger partial charge in [-0.2, -0.15) is 0 Å². The van der Waals surface area contributed by atoms with E-state index in [1.807, 2.05) is 38.1 Å². The summed E-state index contributed by atoms with van der Waals surface area (Å²) < 4.78 is 34.1. The van der Waals surface area contributed by atoms with Crippen LogP contribution in [-0.2, 0) is 10.4 Å². The summed E-state index contributed by atoms with van der Waals surface area (Å²) in [6.07, 6.45) is 0. The number of benzene rings is 2. The van der Waals surface area contributed by atoms with Gasteiger partial charge in [-0.1, -0.05) is 0 Å². The van der Waals surface area contributed by atoms with Crippen LogP contribution in [0.3, 0.4) is 0 Å². The molecule has 0 aliphatic rings. The first kappa shape index (κ1) is 20.8. The molecule has 0 unspecified atom stereocenters. The predicted octanol–water partition coefficient (Wildman–Crippen LogP) is -0.190. The van der Waals surface area contributed by atoms with E-state index in [0.717, 1.165) is 22.5 Å². The molecule has 0 spiro atoms. The van der Waals surface area contributed by atoms with Gasteiger partial charge in [0.25, 0.3) is 0 Å². The van der Waals surface area contributed by atoms with Gasteiger partial charge in [0.15, 0.2) is 0 Å². The number of hydrogen-bond donors (Lipinski definition) is 4. The second-order valence-electron chi connectivity index (χ2n) is 4.65. The molecule has 0 aliphatic heterocycles. The van der Waals surface area contributed by atoms with Crippen molar-refractivity contribution in [1.82, 2.24) is 0 Å². The van der Waals surface area contributed by atoms with Gasteiger partial charge in [-0.25, -0.2) is 0 Å². The molecule has 8 nitrogen and oxygen atoms in total. The third-order valence-corrected chi connectivity index (χ3v) is 2.55. The SMILES string of the molecule is Cc1ccc([NH3+])cc1O.Cc1ccc([NH3+])cc1O.O=S(=O)([O-])[O-]. The zero-order valence-corrected chi connectivity index (χ0v) is 13.6. The van der Waals surface area contributed by atoms with Crippen LogP contribution >= 0.6 is 0 Å². The monoisotopic (exact) mass is 344 g/mol. The third kappa shape index (κ3) is 11.1. The molecule has 0 radical (unpaired) electrons. The summed E-state index contributed by atoms with van der Waals surface area (Å²) in [5, 5.41) is 18.1. The van der Waals surface area contributed by atoms with E-state index in [2.05, 4.69) is 11.5 Å². The summed E-state index contributed by atoms with van der Waals surface area (Å²) in [5.74, 6) is 0.644. The van der Waals surface area contributed by atoms with Crippen LogP contribution in [0.15, 0.2) is 36.4 Å². The Labute approximate surface area is 134 Å². The van der Waals surface area contributed by atoms with Gasteiger partial charge in [-0.05, 0) is 49.2 Å². The van der Waals surface area contributed by atoms with Gasteiger partial charge < -0.3 is 30.8 Å². The van der Waals surface area contributed by atoms with Crippen LogP contribution in [0.2, 0.25) is 0 Å². The Bertz CT molecular complexity index is 689. The lowest BCUT2D eigenvalue weighted by atomic mass is 10.2. The molecule has 0 amide bonds. The van der Waals surface area contributed by atoms with Crippen LogP contribution in [0.4, 0.5) is 11.4 Å². The lowest BCUT2D eigenvalue weighted by Crippen LogP contribution is -2.39. The standard InChI is InChI=1S/2C7H9NO.H2O4S/c2*1-5-2-3-6(8)4-7(5)9;1-5(2,3)4/h2*2-4,9H,8H2,1H3;(H2,1,2,3,4). The third-order valence-electron chi connectivity index (χ3n) is 2.55. The van der Waals surface area contributed by atoms with Gasteiger partial charge in [0, 0.05) is 22.5 Å². The van der Waals surface area contributed by atoms with E-state index in [4.69, 9.17) is 27.7 Å². The Hall–Kier alpha value is -2.17. The largest absolute Gasteiger partial charge is 0.759 e. The minimum Gasteiger partial charge on any atom is -0.759 e. The van der Waals surface area contributed by atoms with E-state index in [9.17, 15) is 0 Å². The summed E-state index contributed by atoms with van der Waals surface area (Å²) in [6.45, 7) is 3.71. The lowest BCUT2D eigenvalue weighted by molar-refractivity contribution is -0.255. The number of rotatable bonds is 0. The molecule has 0 aliphatic carbocycles. The average Bonchev–Trinajstić information content (AvgIpc) is 2.38. The number of quaternary nitrogens is 2. The van der Waals surface area contributed by atoms with Gasteiger partial charge in [-0.15, -0.1) is 0 Å². The fourth-order valence-corrected chi connectivity index (χ4v) is 1.31. The first-order valence-corrected chi connectivity index (χ1v) is 7.63. The maximum absolute atomic E-state index is 9.06. The van der Waals surface area contributed by atoms with Gasteiger partial charge in [-0.3, -0.25) is 8.42 Å². The minimum absolute atomic E-state index is 0.322. The molecule has 0 atom stereocenters. The van der Waals surface area contributed by atoms with E-state index in [-0.39, 0.29) is 0 Å². The number of hydrogen-bond acceptors (Lipinski definition) is 6. The van der Waals surface area contributed by atoms with Gasteiger partial charge in [0.1, 0.15) is 22.9 Å². The molecular weight excluding hydrogens is 324 g/mol. The molecule has 128 valence electrons. The Morgan fingerprint density at radius 2 is 1.09 bits per heavy atom. The molecule has 2 aromatic carbocycles. The van der Waals surface area contributed by atoms with Crippen LogP contribution in [-0.4, -0.2) is 27.7 Å². The molecule has 0 bridgehead atoms. The molecule has 2 aromatic rings. The molecule has 0 saturated heterocycles. The smallest absolute Gasteiger partial charge is 0.131 e. The Kier molecular flexibility index (Phi) is 8.22.